The van der Waals surface area contributed by atoms with Crippen molar-refractivity contribution >= 4 is 50.3 Å². The summed E-state index contributed by atoms with van der Waals surface area (Å²) in [6.45, 7) is 4.24. The van der Waals surface area contributed by atoms with E-state index >= 15 is 0 Å². The Morgan fingerprint density at radius 1 is 1.15 bits per heavy atom. The first-order valence-electron chi connectivity index (χ1n) is 8.36. The fourth-order valence-electron chi connectivity index (χ4n) is 3.49. The molecule has 0 aliphatic carbocycles. The van der Waals surface area contributed by atoms with Crippen LogP contribution in [0.2, 0.25) is 0 Å². The van der Waals surface area contributed by atoms with Crippen molar-refractivity contribution in [1.82, 2.24) is 10.3 Å². The second-order valence-electron chi connectivity index (χ2n) is 6.51. The number of aromatic nitrogens is 1. The van der Waals surface area contributed by atoms with E-state index in [1.807, 2.05) is 18.3 Å². The molecule has 1 aliphatic rings. The van der Waals surface area contributed by atoms with Crippen LogP contribution in [0.3, 0.4) is 0 Å². The van der Waals surface area contributed by atoms with Crippen molar-refractivity contribution in [1.29, 1.82) is 0 Å². The fraction of sp³-hybridized carbons (Fsp3) is 0.200. The zero-order valence-electron chi connectivity index (χ0n) is 14.4. The number of nitrogens with one attached hydrogen (secondary N) is 1. The van der Waals surface area contributed by atoms with Gasteiger partial charge >= 0.3 is 0 Å². The van der Waals surface area contributed by atoms with Crippen molar-refractivity contribution in [3.63, 3.8) is 0 Å². The molecule has 2 unspecified atom stereocenters. The maximum atomic E-state index is 5.75. The molecule has 2 aromatic heterocycles. The number of nitrogens with zero attached hydrogens (tertiary/aromatic N) is 2. The Hall–Kier alpha value is -1.76. The summed E-state index contributed by atoms with van der Waals surface area (Å²) in [7, 11) is 0. The zero-order valence-corrected chi connectivity index (χ0v) is 17.7. The van der Waals surface area contributed by atoms with E-state index in [4.69, 9.17) is 12.2 Å². The summed E-state index contributed by atoms with van der Waals surface area (Å²) in [4.78, 5) is 8.06. The molecule has 1 aliphatic heterocycles. The summed E-state index contributed by atoms with van der Waals surface area (Å²) >= 11 is 11.1. The molecule has 3 aromatic rings. The van der Waals surface area contributed by atoms with Crippen molar-refractivity contribution in [2.75, 3.05) is 4.90 Å². The lowest BCUT2D eigenvalue weighted by molar-refractivity contribution is 0.575. The standard InChI is InChI=1S/C20H18BrN3S2/c1-12-7-13(2)9-15(8-12)24-19(17-10-14(21)11-26-17)18(23-20(24)25)16-5-3-4-6-22-16/h3-11,18-19H,1-2H3,(H,23,25). The zero-order chi connectivity index (χ0) is 18.3. The van der Waals surface area contributed by atoms with E-state index in [1.54, 1.807) is 11.3 Å². The molecule has 0 radical (unpaired) electrons. The number of anilines is 1. The maximum Gasteiger partial charge on any atom is 0.174 e. The van der Waals surface area contributed by atoms with E-state index in [1.165, 1.54) is 16.0 Å². The smallest absolute Gasteiger partial charge is 0.174 e. The Morgan fingerprint density at radius 3 is 2.54 bits per heavy atom. The van der Waals surface area contributed by atoms with Gasteiger partial charge in [0.25, 0.3) is 0 Å². The van der Waals surface area contributed by atoms with E-state index in [2.05, 4.69) is 80.7 Å². The number of pyridine rings is 1. The summed E-state index contributed by atoms with van der Waals surface area (Å²) in [5.74, 6) is 0. The highest BCUT2D eigenvalue weighted by atomic mass is 79.9. The maximum absolute atomic E-state index is 5.75. The summed E-state index contributed by atoms with van der Waals surface area (Å²) in [5, 5.41) is 6.35. The average Bonchev–Trinajstić information content (AvgIpc) is 3.18. The predicted molar refractivity (Wildman–Crippen MR) is 116 cm³/mol. The second kappa shape index (κ2) is 7.10. The minimum atomic E-state index is 0.00932. The molecule has 26 heavy (non-hydrogen) atoms. The first-order valence-corrected chi connectivity index (χ1v) is 10.4. The van der Waals surface area contributed by atoms with Gasteiger partial charge in [-0.25, -0.2) is 0 Å². The molecule has 3 heterocycles. The van der Waals surface area contributed by atoms with Crippen LogP contribution < -0.4 is 10.2 Å². The second-order valence-corrected chi connectivity index (χ2v) is 8.75. The largest absolute Gasteiger partial charge is 0.351 e. The number of hydrogen-bond donors (Lipinski definition) is 1. The Bertz CT molecular complexity index is 934. The topological polar surface area (TPSA) is 28.2 Å². The molecule has 3 nitrogen and oxygen atoms in total. The van der Waals surface area contributed by atoms with E-state index < -0.39 is 0 Å². The third-order valence-electron chi connectivity index (χ3n) is 4.46. The average molecular weight is 444 g/mol. The van der Waals surface area contributed by atoms with Crippen molar-refractivity contribution in [2.45, 2.75) is 25.9 Å². The third kappa shape index (κ3) is 3.29. The molecule has 2 atom stereocenters. The van der Waals surface area contributed by atoms with Crippen LogP contribution in [0.5, 0.6) is 0 Å². The summed E-state index contributed by atoms with van der Waals surface area (Å²) in [6, 6.07) is 14.8. The van der Waals surface area contributed by atoms with E-state index in [9.17, 15) is 0 Å². The van der Waals surface area contributed by atoms with Crippen LogP contribution in [0.15, 0.2) is 58.5 Å². The lowest BCUT2D eigenvalue weighted by Gasteiger charge is -2.27. The lowest BCUT2D eigenvalue weighted by atomic mass is 10.0. The van der Waals surface area contributed by atoms with Gasteiger partial charge in [0.2, 0.25) is 0 Å². The van der Waals surface area contributed by atoms with Gasteiger partial charge in [0.05, 0.1) is 17.8 Å². The van der Waals surface area contributed by atoms with Gasteiger partial charge in [-0.05, 0) is 83.5 Å². The molecular formula is C20H18BrN3S2. The van der Waals surface area contributed by atoms with Gasteiger partial charge in [-0.1, -0.05) is 12.1 Å². The van der Waals surface area contributed by atoms with E-state index in [-0.39, 0.29) is 12.1 Å². The molecule has 132 valence electrons. The predicted octanol–water partition coefficient (Wildman–Crippen LogP) is 5.70. The Labute approximate surface area is 171 Å². The number of aryl methyl sites for hydroxylation is 2. The van der Waals surface area contributed by atoms with Gasteiger partial charge in [-0.3, -0.25) is 4.98 Å². The van der Waals surface area contributed by atoms with Crippen LogP contribution in [0.1, 0.15) is 33.8 Å². The van der Waals surface area contributed by atoms with Crippen LogP contribution in [0.25, 0.3) is 0 Å². The number of thiocarbonyl (C=S) groups is 1. The number of halogens is 1. The highest BCUT2D eigenvalue weighted by Gasteiger charge is 2.41. The molecule has 1 N–H and O–H groups in total. The fourth-order valence-corrected chi connectivity index (χ4v) is 5.41. The molecule has 0 bridgehead atoms. The van der Waals surface area contributed by atoms with Gasteiger partial charge in [-0.2, -0.15) is 0 Å². The van der Waals surface area contributed by atoms with Gasteiger partial charge in [-0.15, -0.1) is 11.3 Å². The molecule has 0 spiro atoms. The van der Waals surface area contributed by atoms with Crippen LogP contribution in [-0.2, 0) is 0 Å². The molecular weight excluding hydrogens is 426 g/mol. The highest BCUT2D eigenvalue weighted by Crippen LogP contribution is 2.44. The summed E-state index contributed by atoms with van der Waals surface area (Å²) in [6.07, 6.45) is 1.83. The Kier molecular flexibility index (Phi) is 4.82. The number of benzene rings is 1. The van der Waals surface area contributed by atoms with Crippen molar-refractivity contribution in [2.24, 2.45) is 0 Å². The minimum Gasteiger partial charge on any atom is -0.351 e. The SMILES string of the molecule is Cc1cc(C)cc(N2C(=S)NC(c3ccccn3)C2c2cc(Br)cs2)c1. The van der Waals surface area contributed by atoms with Gasteiger partial charge in [0.1, 0.15) is 0 Å². The molecule has 1 fully saturated rings. The molecule has 1 saturated heterocycles. The van der Waals surface area contributed by atoms with Crippen LogP contribution >= 0.6 is 39.5 Å². The Morgan fingerprint density at radius 2 is 1.92 bits per heavy atom. The summed E-state index contributed by atoms with van der Waals surface area (Å²) in [5.41, 5.74) is 4.58. The molecule has 6 heteroatoms. The third-order valence-corrected chi connectivity index (χ3v) is 6.54. The monoisotopic (exact) mass is 443 g/mol. The molecule has 0 amide bonds. The van der Waals surface area contributed by atoms with Crippen LogP contribution in [0.4, 0.5) is 5.69 Å². The quantitative estimate of drug-likeness (QED) is 0.525. The number of rotatable bonds is 3. The van der Waals surface area contributed by atoms with Crippen molar-refractivity contribution in [3.8, 4) is 0 Å². The van der Waals surface area contributed by atoms with Crippen LogP contribution in [0, 0.1) is 13.8 Å². The normalized spacial score (nSPS) is 19.7. The number of hydrogen-bond acceptors (Lipinski definition) is 3. The molecule has 0 saturated carbocycles. The molecule has 4 rings (SSSR count). The van der Waals surface area contributed by atoms with Gasteiger partial charge < -0.3 is 10.2 Å². The van der Waals surface area contributed by atoms with Crippen LogP contribution in [-0.4, -0.2) is 10.1 Å². The Balaban J connectivity index is 1.85. The molecule has 1 aromatic carbocycles. The highest BCUT2D eigenvalue weighted by molar-refractivity contribution is 9.10. The van der Waals surface area contributed by atoms with E-state index in [0.29, 0.717) is 0 Å². The van der Waals surface area contributed by atoms with Gasteiger partial charge in [0.15, 0.2) is 5.11 Å². The summed E-state index contributed by atoms with van der Waals surface area (Å²) < 4.78 is 1.09. The van der Waals surface area contributed by atoms with Gasteiger partial charge in [0, 0.05) is 26.6 Å². The first kappa shape index (κ1) is 17.6. The van der Waals surface area contributed by atoms with E-state index in [0.717, 1.165) is 21.0 Å². The minimum absolute atomic E-state index is 0.00932. The number of thiophene rings is 1. The first-order chi connectivity index (χ1) is 12.5. The lowest BCUT2D eigenvalue weighted by Crippen LogP contribution is -2.29. The van der Waals surface area contributed by atoms with Crippen molar-refractivity contribution in [3.05, 3.63) is 80.2 Å². The van der Waals surface area contributed by atoms with Crippen molar-refractivity contribution < 1.29 is 0 Å².